The van der Waals surface area contributed by atoms with E-state index in [1.165, 1.54) is 6.20 Å². The highest BCUT2D eigenvalue weighted by molar-refractivity contribution is 6.05. The van der Waals surface area contributed by atoms with Gasteiger partial charge in [-0.3, -0.25) is 19.4 Å². The van der Waals surface area contributed by atoms with Crippen LogP contribution in [0.4, 0.5) is 5.69 Å². The normalized spacial score (nSPS) is 15.1. The quantitative estimate of drug-likeness (QED) is 0.601. The Morgan fingerprint density at radius 1 is 1.13 bits per heavy atom. The maximum absolute atomic E-state index is 12.9. The summed E-state index contributed by atoms with van der Waals surface area (Å²) in [6.45, 7) is 1.80. The lowest BCUT2D eigenvalue weighted by atomic mass is 9.96. The fourth-order valence-electron chi connectivity index (χ4n) is 3.33. The van der Waals surface area contributed by atoms with Crippen molar-refractivity contribution in [3.63, 3.8) is 0 Å². The van der Waals surface area contributed by atoms with Crippen molar-refractivity contribution in [2.75, 3.05) is 31.5 Å². The molecule has 3 amide bonds. The highest BCUT2D eigenvalue weighted by Crippen LogP contribution is 2.20. The second-order valence-corrected chi connectivity index (χ2v) is 6.95. The Morgan fingerprint density at radius 2 is 1.90 bits per heavy atom. The molecule has 4 N–H and O–H groups in total. The Kier molecular flexibility index (Phi) is 11.0. The standard InChI is InChI=1S/C21H25N5O3.2ClH/c22-8-10-24-19(27)17-6-3-11-26(14-17)21(29)15-4-1-7-18(12-15)25-20(28)16-5-2-9-23-13-16;;/h1-2,4-5,7,9,12-13,17H,3,6,8,10-11,14,22H2,(H,24,27)(H,25,28);2*1H. The van der Waals surface area contributed by atoms with Gasteiger partial charge in [-0.25, -0.2) is 0 Å². The van der Waals surface area contributed by atoms with Gasteiger partial charge < -0.3 is 21.3 Å². The third kappa shape index (κ3) is 7.20. The van der Waals surface area contributed by atoms with Crippen LogP contribution in [0, 0.1) is 5.92 Å². The molecule has 3 rings (SSSR count). The Hall–Kier alpha value is -2.68. The zero-order chi connectivity index (χ0) is 20.6. The molecular weight excluding hydrogens is 441 g/mol. The number of nitrogens with zero attached hydrogens (tertiary/aromatic N) is 2. The van der Waals surface area contributed by atoms with Crippen molar-refractivity contribution in [2.45, 2.75) is 12.8 Å². The summed E-state index contributed by atoms with van der Waals surface area (Å²) in [5.41, 5.74) is 6.86. The number of amides is 3. The van der Waals surface area contributed by atoms with Crippen LogP contribution in [0.2, 0.25) is 0 Å². The minimum atomic E-state index is -0.294. The van der Waals surface area contributed by atoms with Crippen molar-refractivity contribution in [1.82, 2.24) is 15.2 Å². The molecule has 0 aliphatic carbocycles. The van der Waals surface area contributed by atoms with Gasteiger partial charge in [0.05, 0.1) is 11.5 Å². The van der Waals surface area contributed by atoms with Crippen molar-refractivity contribution >= 4 is 48.2 Å². The van der Waals surface area contributed by atoms with E-state index in [1.807, 2.05) is 0 Å². The number of nitrogens with two attached hydrogens (primary N) is 1. The Balaban J connectivity index is 0.00000240. The first-order valence-electron chi connectivity index (χ1n) is 9.67. The first kappa shape index (κ1) is 26.4. The summed E-state index contributed by atoms with van der Waals surface area (Å²) in [6.07, 6.45) is 4.59. The molecule has 1 aromatic carbocycles. The molecule has 1 saturated heterocycles. The van der Waals surface area contributed by atoms with Crippen LogP contribution in [-0.2, 0) is 4.79 Å². The first-order chi connectivity index (χ1) is 14.1. The van der Waals surface area contributed by atoms with Gasteiger partial charge in [0.25, 0.3) is 11.8 Å². The number of aromatic nitrogens is 1. The number of hydrogen-bond acceptors (Lipinski definition) is 5. The van der Waals surface area contributed by atoms with Gasteiger partial charge in [0.1, 0.15) is 0 Å². The molecule has 1 atom stereocenters. The average Bonchev–Trinajstić information content (AvgIpc) is 2.77. The molecule has 31 heavy (non-hydrogen) atoms. The summed E-state index contributed by atoms with van der Waals surface area (Å²) >= 11 is 0. The van der Waals surface area contributed by atoms with E-state index in [9.17, 15) is 14.4 Å². The smallest absolute Gasteiger partial charge is 0.257 e. The van der Waals surface area contributed by atoms with Crippen molar-refractivity contribution in [3.8, 4) is 0 Å². The van der Waals surface area contributed by atoms with E-state index in [1.54, 1.807) is 47.5 Å². The Morgan fingerprint density at radius 3 is 2.61 bits per heavy atom. The van der Waals surface area contributed by atoms with Crippen LogP contribution in [0.1, 0.15) is 33.6 Å². The third-order valence-corrected chi connectivity index (χ3v) is 4.81. The van der Waals surface area contributed by atoms with Gasteiger partial charge in [0, 0.05) is 49.8 Å². The van der Waals surface area contributed by atoms with E-state index in [4.69, 9.17) is 5.73 Å². The molecule has 168 valence electrons. The SMILES string of the molecule is Cl.Cl.NCCNC(=O)C1CCCN(C(=O)c2cccc(NC(=O)c3cccnc3)c2)C1. The second kappa shape index (κ2) is 12.9. The molecule has 1 aliphatic heterocycles. The summed E-state index contributed by atoms with van der Waals surface area (Å²) in [7, 11) is 0. The number of likely N-dealkylation sites (tertiary alicyclic amines) is 1. The number of pyridine rings is 1. The van der Waals surface area contributed by atoms with Gasteiger partial charge in [-0.15, -0.1) is 24.8 Å². The van der Waals surface area contributed by atoms with Gasteiger partial charge in [0.2, 0.25) is 5.91 Å². The van der Waals surface area contributed by atoms with Crippen molar-refractivity contribution in [1.29, 1.82) is 0 Å². The molecule has 2 heterocycles. The minimum Gasteiger partial charge on any atom is -0.355 e. The minimum absolute atomic E-state index is 0. The van der Waals surface area contributed by atoms with Crippen molar-refractivity contribution < 1.29 is 14.4 Å². The number of carbonyl (C=O) groups is 3. The zero-order valence-electron chi connectivity index (χ0n) is 17.0. The van der Waals surface area contributed by atoms with E-state index in [0.29, 0.717) is 43.0 Å². The van der Waals surface area contributed by atoms with Crippen LogP contribution in [0.3, 0.4) is 0 Å². The second-order valence-electron chi connectivity index (χ2n) is 6.95. The summed E-state index contributed by atoms with van der Waals surface area (Å²) in [5, 5.41) is 5.57. The number of piperidine rings is 1. The molecule has 10 heteroatoms. The van der Waals surface area contributed by atoms with Gasteiger partial charge in [-0.1, -0.05) is 6.07 Å². The topological polar surface area (TPSA) is 117 Å². The van der Waals surface area contributed by atoms with Gasteiger partial charge in [-0.2, -0.15) is 0 Å². The molecule has 0 spiro atoms. The molecule has 1 fully saturated rings. The van der Waals surface area contributed by atoms with Crippen molar-refractivity contribution in [2.24, 2.45) is 11.7 Å². The number of benzene rings is 1. The predicted molar refractivity (Wildman–Crippen MR) is 124 cm³/mol. The monoisotopic (exact) mass is 467 g/mol. The maximum Gasteiger partial charge on any atom is 0.257 e. The van der Waals surface area contributed by atoms with Crippen LogP contribution >= 0.6 is 24.8 Å². The van der Waals surface area contributed by atoms with E-state index >= 15 is 0 Å². The Bertz CT molecular complexity index is 882. The lowest BCUT2D eigenvalue weighted by Gasteiger charge is -2.32. The fourth-order valence-corrected chi connectivity index (χ4v) is 3.33. The third-order valence-electron chi connectivity index (χ3n) is 4.81. The molecule has 8 nitrogen and oxygen atoms in total. The molecular formula is C21H27Cl2N5O3. The molecule has 1 aromatic heterocycles. The van der Waals surface area contributed by atoms with Crippen LogP contribution in [0.5, 0.6) is 0 Å². The van der Waals surface area contributed by atoms with E-state index < -0.39 is 0 Å². The maximum atomic E-state index is 12.9. The highest BCUT2D eigenvalue weighted by atomic mass is 35.5. The molecule has 0 bridgehead atoms. The van der Waals surface area contributed by atoms with Gasteiger partial charge in [0.15, 0.2) is 0 Å². The van der Waals surface area contributed by atoms with Gasteiger partial charge in [-0.05, 0) is 43.2 Å². The summed E-state index contributed by atoms with van der Waals surface area (Å²) in [4.78, 5) is 43.1. The number of anilines is 1. The highest BCUT2D eigenvalue weighted by Gasteiger charge is 2.28. The van der Waals surface area contributed by atoms with Crippen LogP contribution in [-0.4, -0.2) is 53.8 Å². The number of halogens is 2. The summed E-state index contributed by atoms with van der Waals surface area (Å²) < 4.78 is 0. The number of carbonyl (C=O) groups excluding carboxylic acids is 3. The molecule has 2 aromatic rings. The van der Waals surface area contributed by atoms with Crippen LogP contribution in [0.25, 0.3) is 0 Å². The van der Waals surface area contributed by atoms with Crippen molar-refractivity contribution in [3.05, 3.63) is 59.9 Å². The Labute approximate surface area is 193 Å². The van der Waals surface area contributed by atoms with Crippen LogP contribution < -0.4 is 16.4 Å². The summed E-state index contributed by atoms with van der Waals surface area (Å²) in [5.74, 6) is -0.741. The average molecular weight is 468 g/mol. The first-order valence-corrected chi connectivity index (χ1v) is 9.67. The number of rotatable bonds is 6. The molecule has 0 radical (unpaired) electrons. The van der Waals surface area contributed by atoms with E-state index in [-0.39, 0.29) is 48.5 Å². The largest absolute Gasteiger partial charge is 0.355 e. The van der Waals surface area contributed by atoms with E-state index in [2.05, 4.69) is 15.6 Å². The molecule has 1 aliphatic rings. The number of hydrogen-bond donors (Lipinski definition) is 3. The molecule has 0 saturated carbocycles. The summed E-state index contributed by atoms with van der Waals surface area (Å²) in [6, 6.07) is 10.2. The fraction of sp³-hybridized carbons (Fsp3) is 0.333. The lowest BCUT2D eigenvalue weighted by molar-refractivity contribution is -0.126. The zero-order valence-corrected chi connectivity index (χ0v) is 18.6. The van der Waals surface area contributed by atoms with Crippen LogP contribution in [0.15, 0.2) is 48.8 Å². The lowest BCUT2D eigenvalue weighted by Crippen LogP contribution is -2.46. The van der Waals surface area contributed by atoms with Gasteiger partial charge >= 0.3 is 0 Å². The number of nitrogens with one attached hydrogen (secondary N) is 2. The predicted octanol–water partition coefficient (Wildman–Crippen LogP) is 2.10. The van der Waals surface area contributed by atoms with E-state index in [0.717, 1.165) is 12.8 Å². The molecule has 1 unspecified atom stereocenters.